The number of carbonyl (C=O) groups excluding carboxylic acids is 1. The molecule has 0 aliphatic heterocycles. The number of methoxy groups -OCH3 is 1. The van der Waals surface area contributed by atoms with Crippen LogP contribution >= 0.6 is 0 Å². The predicted molar refractivity (Wildman–Crippen MR) is 84.0 cm³/mol. The van der Waals surface area contributed by atoms with Gasteiger partial charge in [-0.25, -0.2) is 0 Å². The van der Waals surface area contributed by atoms with Crippen LogP contribution in [0.25, 0.3) is 0 Å². The highest BCUT2D eigenvalue weighted by Crippen LogP contribution is 2.13. The molecule has 0 atom stereocenters. The van der Waals surface area contributed by atoms with Gasteiger partial charge in [0.25, 0.3) is 0 Å². The number of hydrogen-bond acceptors (Lipinski definition) is 4. The quantitative estimate of drug-likeness (QED) is 0.619. The number of nitrogens with zero attached hydrogens (tertiary/aromatic N) is 1. The van der Waals surface area contributed by atoms with Crippen LogP contribution in [0.15, 0.2) is 48.1 Å². The van der Waals surface area contributed by atoms with Crippen molar-refractivity contribution in [2.24, 2.45) is 0 Å². The maximum Gasteiger partial charge on any atom is 0.319 e. The lowest BCUT2D eigenvalue weighted by atomic mass is 10.1. The van der Waals surface area contributed by atoms with E-state index in [2.05, 4.69) is 6.58 Å². The molecule has 0 bridgehead atoms. The fourth-order valence-electron chi connectivity index (χ4n) is 2.09. The van der Waals surface area contributed by atoms with Gasteiger partial charge in [0.05, 0.1) is 13.7 Å². The lowest BCUT2D eigenvalue weighted by Gasteiger charge is -2.21. The summed E-state index contributed by atoms with van der Waals surface area (Å²) in [5.74, 6) is -0.0338. The number of phenolic OH excluding ortho intramolecular Hbond substituents is 1. The molecule has 1 rings (SSSR count). The maximum atomic E-state index is 11.5. The van der Waals surface area contributed by atoms with E-state index in [0.29, 0.717) is 13.1 Å². The number of ether oxygens (including phenoxy) is 1. The molecular weight excluding hydrogens is 266 g/mol. The Morgan fingerprint density at radius 2 is 1.90 bits per heavy atom. The van der Waals surface area contributed by atoms with E-state index in [9.17, 15) is 9.90 Å². The Kier molecular flexibility index (Phi) is 6.69. The Morgan fingerprint density at radius 1 is 1.29 bits per heavy atom. The Morgan fingerprint density at radius 3 is 2.43 bits per heavy atom. The van der Waals surface area contributed by atoms with Gasteiger partial charge >= 0.3 is 5.97 Å². The molecular formula is C17H23NO3. The summed E-state index contributed by atoms with van der Waals surface area (Å²) in [5.41, 5.74) is 3.14. The van der Waals surface area contributed by atoms with Crippen molar-refractivity contribution in [1.82, 2.24) is 4.90 Å². The molecule has 0 saturated heterocycles. The van der Waals surface area contributed by atoms with Crippen molar-refractivity contribution in [2.45, 2.75) is 20.4 Å². The minimum atomic E-state index is -0.267. The molecule has 1 aromatic rings. The number of esters is 1. The fraction of sp³-hybridized carbons (Fsp3) is 0.353. The van der Waals surface area contributed by atoms with Crippen molar-refractivity contribution in [3.8, 4) is 5.75 Å². The number of allylic oxidation sites excluding steroid dienone is 2. The molecule has 4 nitrogen and oxygen atoms in total. The lowest BCUT2D eigenvalue weighted by molar-refractivity contribution is -0.141. The number of carbonyl (C=O) groups is 1. The molecule has 0 aliphatic rings. The molecule has 1 aromatic carbocycles. The molecule has 0 aromatic heterocycles. The van der Waals surface area contributed by atoms with Gasteiger partial charge in [0.1, 0.15) is 5.75 Å². The second kappa shape index (κ2) is 8.27. The second-order valence-corrected chi connectivity index (χ2v) is 5.22. The van der Waals surface area contributed by atoms with Crippen molar-refractivity contribution in [3.05, 3.63) is 53.6 Å². The van der Waals surface area contributed by atoms with Gasteiger partial charge in [0.2, 0.25) is 0 Å². The van der Waals surface area contributed by atoms with Crippen LogP contribution in [0.1, 0.15) is 19.4 Å². The average Bonchev–Trinajstić information content (AvgIpc) is 2.40. The Bertz CT molecular complexity index is 517. The highest BCUT2D eigenvalue weighted by Gasteiger charge is 2.12. The minimum Gasteiger partial charge on any atom is -0.508 e. The summed E-state index contributed by atoms with van der Waals surface area (Å²) < 4.78 is 4.74. The van der Waals surface area contributed by atoms with Crippen molar-refractivity contribution in [2.75, 3.05) is 20.2 Å². The Labute approximate surface area is 126 Å². The molecule has 1 N–H and O–H groups in total. The molecule has 4 heteroatoms. The van der Waals surface area contributed by atoms with Crippen molar-refractivity contribution in [1.29, 1.82) is 0 Å². The van der Waals surface area contributed by atoms with Gasteiger partial charge in [-0.3, -0.25) is 9.69 Å². The smallest absolute Gasteiger partial charge is 0.319 e. The van der Waals surface area contributed by atoms with Gasteiger partial charge in [-0.05, 0) is 31.5 Å². The molecule has 0 fully saturated rings. The topological polar surface area (TPSA) is 49.8 Å². The van der Waals surface area contributed by atoms with Crippen LogP contribution in [0.2, 0.25) is 0 Å². The van der Waals surface area contributed by atoms with Crippen LogP contribution in [0.4, 0.5) is 0 Å². The largest absolute Gasteiger partial charge is 0.508 e. The zero-order valence-corrected chi connectivity index (χ0v) is 12.9. The third-order valence-corrected chi connectivity index (χ3v) is 2.89. The highest BCUT2D eigenvalue weighted by atomic mass is 16.5. The fourth-order valence-corrected chi connectivity index (χ4v) is 2.09. The van der Waals surface area contributed by atoms with Gasteiger partial charge in [-0.1, -0.05) is 35.9 Å². The van der Waals surface area contributed by atoms with Crippen LogP contribution in [0.3, 0.4) is 0 Å². The first-order chi connectivity index (χ1) is 9.90. The molecule has 0 amide bonds. The van der Waals surface area contributed by atoms with Crippen molar-refractivity contribution in [3.63, 3.8) is 0 Å². The van der Waals surface area contributed by atoms with Gasteiger partial charge < -0.3 is 9.84 Å². The zero-order valence-electron chi connectivity index (χ0n) is 12.9. The lowest BCUT2D eigenvalue weighted by Crippen LogP contribution is -2.31. The SMILES string of the molecule is C=C(C)C=C(C)CN(CC(=O)OC)Cc1ccc(O)cc1. The second-order valence-electron chi connectivity index (χ2n) is 5.22. The van der Waals surface area contributed by atoms with E-state index in [1.54, 1.807) is 12.1 Å². The number of rotatable bonds is 7. The molecule has 114 valence electrons. The number of phenols is 1. The molecule has 0 heterocycles. The van der Waals surface area contributed by atoms with Crippen LogP contribution in [0, 0.1) is 0 Å². The summed E-state index contributed by atoms with van der Waals surface area (Å²) in [6.07, 6.45) is 2.00. The molecule has 0 aliphatic carbocycles. The van der Waals surface area contributed by atoms with E-state index >= 15 is 0 Å². The van der Waals surface area contributed by atoms with Gasteiger partial charge in [-0.2, -0.15) is 0 Å². The average molecular weight is 289 g/mol. The number of aromatic hydroxyl groups is 1. The van der Waals surface area contributed by atoms with E-state index in [-0.39, 0.29) is 18.3 Å². The normalized spacial score (nSPS) is 11.5. The third kappa shape index (κ3) is 6.77. The van der Waals surface area contributed by atoms with Crippen LogP contribution in [-0.2, 0) is 16.1 Å². The summed E-state index contributed by atoms with van der Waals surface area (Å²) in [5, 5.41) is 9.31. The third-order valence-electron chi connectivity index (χ3n) is 2.89. The number of hydrogen-bond donors (Lipinski definition) is 1. The van der Waals surface area contributed by atoms with E-state index in [0.717, 1.165) is 16.7 Å². The summed E-state index contributed by atoms with van der Waals surface area (Å²) in [6, 6.07) is 6.97. The first-order valence-corrected chi connectivity index (χ1v) is 6.80. The zero-order chi connectivity index (χ0) is 15.8. The number of benzene rings is 1. The van der Waals surface area contributed by atoms with E-state index in [4.69, 9.17) is 4.74 Å². The summed E-state index contributed by atoms with van der Waals surface area (Å²) in [7, 11) is 1.39. The van der Waals surface area contributed by atoms with Crippen LogP contribution in [-0.4, -0.2) is 36.2 Å². The molecule has 21 heavy (non-hydrogen) atoms. The predicted octanol–water partition coefficient (Wildman–Crippen LogP) is 2.89. The Hall–Kier alpha value is -2.07. The van der Waals surface area contributed by atoms with E-state index in [1.807, 2.05) is 37.0 Å². The summed E-state index contributed by atoms with van der Waals surface area (Å²) in [6.45, 7) is 9.29. The first-order valence-electron chi connectivity index (χ1n) is 6.80. The molecule has 0 saturated carbocycles. The van der Waals surface area contributed by atoms with Crippen molar-refractivity contribution >= 4 is 5.97 Å². The highest BCUT2D eigenvalue weighted by molar-refractivity contribution is 5.71. The van der Waals surface area contributed by atoms with Gasteiger partial charge in [-0.15, -0.1) is 0 Å². The van der Waals surface area contributed by atoms with Crippen molar-refractivity contribution < 1.29 is 14.6 Å². The first kappa shape index (κ1) is 17.0. The van der Waals surface area contributed by atoms with Crippen LogP contribution < -0.4 is 0 Å². The van der Waals surface area contributed by atoms with E-state index < -0.39 is 0 Å². The standard InChI is InChI=1S/C17H23NO3/c1-13(2)9-14(3)10-18(12-17(20)21-4)11-15-5-7-16(19)8-6-15/h5-9,19H,1,10-12H2,2-4H3. The van der Waals surface area contributed by atoms with Gasteiger partial charge in [0.15, 0.2) is 0 Å². The maximum absolute atomic E-state index is 11.5. The summed E-state index contributed by atoms with van der Waals surface area (Å²) >= 11 is 0. The van der Waals surface area contributed by atoms with Gasteiger partial charge in [0, 0.05) is 13.1 Å². The Balaban J connectivity index is 2.78. The molecule has 0 radical (unpaired) electrons. The molecule has 0 spiro atoms. The van der Waals surface area contributed by atoms with Crippen LogP contribution in [0.5, 0.6) is 5.75 Å². The van der Waals surface area contributed by atoms with E-state index in [1.165, 1.54) is 7.11 Å². The monoisotopic (exact) mass is 289 g/mol. The summed E-state index contributed by atoms with van der Waals surface area (Å²) in [4.78, 5) is 13.5. The molecule has 0 unspecified atom stereocenters. The minimum absolute atomic E-state index is 0.221.